The fraction of sp³-hybridized carbons (Fsp3) is 0.143. The van der Waals surface area contributed by atoms with E-state index in [2.05, 4.69) is 0 Å². The molecule has 3 rings (SSSR count). The van der Waals surface area contributed by atoms with Crippen molar-refractivity contribution in [3.63, 3.8) is 0 Å². The summed E-state index contributed by atoms with van der Waals surface area (Å²) in [5, 5.41) is 0. The van der Waals surface area contributed by atoms with Crippen molar-refractivity contribution in [2.45, 2.75) is 19.8 Å². The first kappa shape index (κ1) is 18.7. The predicted octanol–water partition coefficient (Wildman–Crippen LogP) is 5.31. The molecule has 0 aliphatic heterocycles. The highest BCUT2D eigenvalue weighted by atomic mass is 31.2. The molecule has 0 radical (unpaired) electrons. The van der Waals surface area contributed by atoms with Crippen LogP contribution in [0.2, 0.25) is 0 Å². The van der Waals surface area contributed by atoms with Crippen LogP contribution in [0, 0.1) is 0 Å². The number of rotatable bonds is 9. The third-order valence-electron chi connectivity index (χ3n) is 3.71. The Balaban J connectivity index is 1.64. The summed E-state index contributed by atoms with van der Waals surface area (Å²) in [6.45, 7) is 0.651. The van der Waals surface area contributed by atoms with Gasteiger partial charge in [0.15, 0.2) is 0 Å². The molecule has 0 saturated carbocycles. The van der Waals surface area contributed by atoms with E-state index in [1.54, 1.807) is 0 Å². The standard InChI is InChI=1S/C21H22O4P/c22-26(23-16-19-10-4-1-5-11-19,24-17-20-12-6-2-7-13-20)25-18-21-14-8-3-9-15-21/h1-15,22H,16-18H2/q+1. The maximum Gasteiger partial charge on any atom is 0.573 e. The molecule has 26 heavy (non-hydrogen) atoms. The van der Waals surface area contributed by atoms with Crippen LogP contribution in [-0.2, 0) is 33.4 Å². The van der Waals surface area contributed by atoms with Crippen molar-refractivity contribution < 1.29 is 18.5 Å². The predicted molar refractivity (Wildman–Crippen MR) is 103 cm³/mol. The van der Waals surface area contributed by atoms with Crippen molar-refractivity contribution in [2.75, 3.05) is 0 Å². The molecule has 0 unspecified atom stereocenters. The summed E-state index contributed by atoms with van der Waals surface area (Å²) >= 11 is 0. The Hall–Kier alpha value is -2.07. The molecule has 0 heterocycles. The molecule has 5 heteroatoms. The van der Waals surface area contributed by atoms with Gasteiger partial charge in [-0.25, -0.2) is 0 Å². The van der Waals surface area contributed by atoms with Gasteiger partial charge in [0, 0.05) is 0 Å². The second kappa shape index (κ2) is 9.58. The quantitative estimate of drug-likeness (QED) is 0.520. The molecule has 1 N–H and O–H groups in total. The second-order valence-electron chi connectivity index (χ2n) is 5.75. The lowest BCUT2D eigenvalue weighted by atomic mass is 10.2. The van der Waals surface area contributed by atoms with Gasteiger partial charge in [0.25, 0.3) is 0 Å². The Kier molecular flexibility index (Phi) is 6.89. The van der Waals surface area contributed by atoms with Gasteiger partial charge in [0.2, 0.25) is 0 Å². The lowest BCUT2D eigenvalue weighted by molar-refractivity contribution is 0.0664. The van der Waals surface area contributed by atoms with E-state index < -0.39 is 8.17 Å². The molecule has 0 bridgehead atoms. The summed E-state index contributed by atoms with van der Waals surface area (Å²) in [7, 11) is -3.47. The van der Waals surface area contributed by atoms with E-state index in [4.69, 9.17) is 13.6 Å². The van der Waals surface area contributed by atoms with Crippen LogP contribution in [-0.4, -0.2) is 4.89 Å². The molecule has 0 amide bonds. The van der Waals surface area contributed by atoms with Crippen molar-refractivity contribution in [2.24, 2.45) is 0 Å². The monoisotopic (exact) mass is 369 g/mol. The molecule has 0 atom stereocenters. The fourth-order valence-corrected chi connectivity index (χ4v) is 3.46. The van der Waals surface area contributed by atoms with Gasteiger partial charge in [-0.2, -0.15) is 4.89 Å². The lowest BCUT2D eigenvalue weighted by Crippen LogP contribution is -2.07. The van der Waals surface area contributed by atoms with Crippen LogP contribution in [0.1, 0.15) is 16.7 Å². The molecule has 3 aromatic rings. The summed E-state index contributed by atoms with van der Waals surface area (Å²) in [6, 6.07) is 28.9. The summed E-state index contributed by atoms with van der Waals surface area (Å²) in [6.07, 6.45) is 0. The van der Waals surface area contributed by atoms with Gasteiger partial charge in [-0.15, -0.1) is 13.6 Å². The van der Waals surface area contributed by atoms with E-state index in [1.807, 2.05) is 91.0 Å². The molecule has 0 saturated heterocycles. The van der Waals surface area contributed by atoms with Gasteiger partial charge in [-0.1, -0.05) is 91.0 Å². The van der Waals surface area contributed by atoms with Crippen LogP contribution >= 0.6 is 8.17 Å². The van der Waals surface area contributed by atoms with E-state index in [-0.39, 0.29) is 19.8 Å². The maximum atomic E-state index is 10.8. The number of hydrogen-bond donors (Lipinski definition) is 1. The van der Waals surface area contributed by atoms with Crippen LogP contribution in [0.25, 0.3) is 0 Å². The third kappa shape index (κ3) is 6.03. The van der Waals surface area contributed by atoms with Gasteiger partial charge in [0.05, 0.1) is 0 Å². The van der Waals surface area contributed by atoms with Crippen molar-refractivity contribution in [1.29, 1.82) is 0 Å². The molecule has 3 aromatic carbocycles. The van der Waals surface area contributed by atoms with Crippen LogP contribution in [0.5, 0.6) is 0 Å². The maximum absolute atomic E-state index is 10.8. The van der Waals surface area contributed by atoms with Crippen LogP contribution < -0.4 is 0 Å². The van der Waals surface area contributed by atoms with E-state index in [1.165, 1.54) is 0 Å². The molecular weight excluding hydrogens is 347 g/mol. The summed E-state index contributed by atoms with van der Waals surface area (Å²) < 4.78 is 17.0. The van der Waals surface area contributed by atoms with E-state index in [0.29, 0.717) is 0 Å². The minimum atomic E-state index is -3.47. The Bertz CT molecular complexity index is 660. The zero-order chi connectivity index (χ0) is 18.1. The number of hydrogen-bond acceptors (Lipinski definition) is 4. The van der Waals surface area contributed by atoms with Crippen molar-refractivity contribution in [3.8, 4) is 0 Å². The van der Waals surface area contributed by atoms with Crippen molar-refractivity contribution in [3.05, 3.63) is 108 Å². The van der Waals surface area contributed by atoms with E-state index >= 15 is 0 Å². The summed E-state index contributed by atoms with van der Waals surface area (Å²) in [4.78, 5) is 10.8. The zero-order valence-corrected chi connectivity index (χ0v) is 15.3. The zero-order valence-electron chi connectivity index (χ0n) is 14.4. The average molecular weight is 369 g/mol. The van der Waals surface area contributed by atoms with Gasteiger partial charge < -0.3 is 0 Å². The largest absolute Gasteiger partial charge is 0.573 e. The van der Waals surface area contributed by atoms with Gasteiger partial charge >= 0.3 is 8.17 Å². The Labute approximate surface area is 154 Å². The molecule has 0 aromatic heterocycles. The third-order valence-corrected chi connectivity index (χ3v) is 5.08. The molecule has 134 valence electrons. The van der Waals surface area contributed by atoms with Gasteiger partial charge in [-0.05, 0) is 16.7 Å². The van der Waals surface area contributed by atoms with Crippen molar-refractivity contribution in [1.82, 2.24) is 0 Å². The lowest BCUT2D eigenvalue weighted by Gasteiger charge is -2.15. The topological polar surface area (TPSA) is 47.9 Å². The van der Waals surface area contributed by atoms with Crippen LogP contribution in [0.15, 0.2) is 91.0 Å². The van der Waals surface area contributed by atoms with E-state index in [0.717, 1.165) is 16.7 Å². The first-order chi connectivity index (χ1) is 12.7. The first-order valence-corrected chi connectivity index (χ1v) is 9.90. The van der Waals surface area contributed by atoms with Crippen LogP contribution in [0.3, 0.4) is 0 Å². The molecule has 0 fully saturated rings. The van der Waals surface area contributed by atoms with E-state index in [9.17, 15) is 4.89 Å². The van der Waals surface area contributed by atoms with Crippen molar-refractivity contribution >= 4 is 8.17 Å². The van der Waals surface area contributed by atoms with Gasteiger partial charge in [0.1, 0.15) is 19.8 Å². The Morgan fingerprint density at radius 2 is 0.769 bits per heavy atom. The summed E-state index contributed by atoms with van der Waals surface area (Å²) in [5.74, 6) is 0. The van der Waals surface area contributed by atoms with Crippen LogP contribution in [0.4, 0.5) is 0 Å². The minimum absolute atomic E-state index is 0.217. The Morgan fingerprint density at radius 1 is 0.500 bits per heavy atom. The smallest absolute Gasteiger partial charge is 0.168 e. The highest BCUT2D eigenvalue weighted by Gasteiger charge is 2.45. The van der Waals surface area contributed by atoms with Gasteiger partial charge in [-0.3, -0.25) is 0 Å². The Morgan fingerprint density at radius 3 is 1.04 bits per heavy atom. The first-order valence-electron chi connectivity index (χ1n) is 8.41. The molecular formula is C21H22O4P+. The summed E-state index contributed by atoms with van der Waals surface area (Å²) in [5.41, 5.74) is 2.83. The molecule has 0 aliphatic rings. The molecule has 0 spiro atoms. The number of benzene rings is 3. The molecule has 4 nitrogen and oxygen atoms in total. The highest BCUT2D eigenvalue weighted by molar-refractivity contribution is 7.55. The normalized spacial score (nSPS) is 11.4. The average Bonchev–Trinajstić information content (AvgIpc) is 2.72. The fourth-order valence-electron chi connectivity index (χ4n) is 2.30. The second-order valence-corrected chi connectivity index (χ2v) is 7.46. The SMILES string of the molecule is O[P+](OCc1ccccc1)(OCc1ccccc1)OCc1ccccc1. The molecule has 0 aliphatic carbocycles. The minimum Gasteiger partial charge on any atom is -0.168 e. The highest BCUT2D eigenvalue weighted by Crippen LogP contribution is 2.59.